The molecular formula is C14H11F5O5S. The molecule has 0 bridgehead atoms. The summed E-state index contributed by atoms with van der Waals surface area (Å²) in [6.45, 7) is 0.722. The van der Waals surface area contributed by atoms with Gasteiger partial charge in [-0.05, 0) is 6.42 Å². The monoisotopic (exact) mass is 386 g/mol. The molecule has 1 aromatic rings. The Bertz CT molecular complexity index is 684. The highest BCUT2D eigenvalue weighted by molar-refractivity contribution is 8.09. The molecule has 0 aliphatic carbocycles. The Morgan fingerprint density at radius 3 is 2.20 bits per heavy atom. The summed E-state index contributed by atoms with van der Waals surface area (Å²) in [6, 6.07) is 0. The van der Waals surface area contributed by atoms with Gasteiger partial charge < -0.3 is 13.7 Å². The van der Waals surface area contributed by atoms with E-state index >= 15 is 0 Å². The van der Waals surface area contributed by atoms with Crippen molar-refractivity contribution >= 4 is 23.3 Å². The highest BCUT2D eigenvalue weighted by Crippen LogP contribution is 2.35. The zero-order chi connectivity index (χ0) is 18.8. The van der Waals surface area contributed by atoms with Crippen molar-refractivity contribution in [1.82, 2.24) is 0 Å². The maximum Gasteiger partial charge on any atom is 0.394 e. The molecular weight excluding hydrogens is 375 g/mol. The maximum absolute atomic E-state index is 13.7. The lowest BCUT2D eigenvalue weighted by Gasteiger charge is -2.27. The zero-order valence-corrected chi connectivity index (χ0v) is 13.5. The van der Waals surface area contributed by atoms with Crippen LogP contribution in [0.2, 0.25) is 0 Å². The van der Waals surface area contributed by atoms with Gasteiger partial charge in [-0.1, -0.05) is 13.3 Å². The van der Waals surface area contributed by atoms with Crippen LogP contribution in [-0.2, 0) is 13.7 Å². The van der Waals surface area contributed by atoms with Gasteiger partial charge in [0.05, 0.1) is 6.61 Å². The first-order valence-electron chi connectivity index (χ1n) is 6.93. The van der Waals surface area contributed by atoms with E-state index in [0.29, 0.717) is 18.5 Å². The van der Waals surface area contributed by atoms with Crippen molar-refractivity contribution in [2.24, 2.45) is 5.41 Å². The first kappa shape index (κ1) is 19.4. The number of benzene rings is 1. The zero-order valence-electron chi connectivity index (χ0n) is 12.7. The van der Waals surface area contributed by atoms with Crippen LogP contribution in [0, 0.1) is 34.5 Å². The van der Waals surface area contributed by atoms with E-state index in [1.54, 1.807) is 6.92 Å². The van der Waals surface area contributed by atoms with E-state index in [2.05, 4.69) is 4.74 Å². The number of hydrogen-bond donors (Lipinski definition) is 0. The molecule has 11 heteroatoms. The summed E-state index contributed by atoms with van der Waals surface area (Å²) in [5.41, 5.74) is -1.64. The number of carbonyl (C=O) groups excluding carboxylic acids is 2. The van der Waals surface area contributed by atoms with Crippen molar-refractivity contribution in [2.45, 2.75) is 19.8 Å². The summed E-state index contributed by atoms with van der Waals surface area (Å²) in [5, 5.41) is -0.845. The summed E-state index contributed by atoms with van der Waals surface area (Å²) in [7, 11) is 0. The molecule has 0 saturated carbocycles. The van der Waals surface area contributed by atoms with Crippen molar-refractivity contribution in [3.05, 3.63) is 29.1 Å². The van der Waals surface area contributed by atoms with E-state index in [0.717, 1.165) is 0 Å². The Morgan fingerprint density at radius 2 is 1.64 bits per heavy atom. The summed E-state index contributed by atoms with van der Waals surface area (Å²) in [5.74, 6) is -14.5. The molecule has 0 amide bonds. The van der Waals surface area contributed by atoms with Crippen LogP contribution in [0.4, 0.5) is 26.7 Å². The van der Waals surface area contributed by atoms with Crippen molar-refractivity contribution < 1.29 is 45.2 Å². The molecule has 1 aromatic carbocycles. The fourth-order valence-electron chi connectivity index (χ4n) is 2.17. The van der Waals surface area contributed by atoms with Gasteiger partial charge >= 0.3 is 11.3 Å². The normalized spacial score (nSPS) is 20.8. The third kappa shape index (κ3) is 3.71. The van der Waals surface area contributed by atoms with Crippen molar-refractivity contribution in [1.29, 1.82) is 0 Å². The van der Waals surface area contributed by atoms with Crippen LogP contribution in [-0.4, -0.2) is 24.5 Å². The lowest BCUT2D eigenvalue weighted by molar-refractivity contribution is -0.151. The van der Waals surface area contributed by atoms with Gasteiger partial charge in [0.25, 0.3) is 0 Å². The topological polar surface area (TPSA) is 61.8 Å². The Hall–Kier alpha value is -1.88. The van der Waals surface area contributed by atoms with Gasteiger partial charge in [0.2, 0.25) is 34.8 Å². The number of esters is 1. The van der Waals surface area contributed by atoms with Crippen LogP contribution < -0.4 is 4.74 Å². The number of carbonyl (C=O) groups is 2. The molecule has 1 fully saturated rings. The van der Waals surface area contributed by atoms with Crippen molar-refractivity contribution in [3.8, 4) is 5.75 Å². The van der Waals surface area contributed by atoms with Crippen LogP contribution >= 0.6 is 12.0 Å². The number of hydrogen-bond acceptors (Lipinski definition) is 6. The average Bonchev–Trinajstić information content (AvgIpc) is 2.78. The van der Waals surface area contributed by atoms with E-state index in [9.17, 15) is 31.5 Å². The molecule has 0 radical (unpaired) electrons. The van der Waals surface area contributed by atoms with Crippen LogP contribution in [0.3, 0.4) is 0 Å². The fourth-order valence-corrected chi connectivity index (χ4v) is 2.66. The van der Waals surface area contributed by atoms with Crippen LogP contribution in [0.15, 0.2) is 0 Å². The van der Waals surface area contributed by atoms with Gasteiger partial charge in [-0.15, -0.1) is 0 Å². The highest BCUT2D eigenvalue weighted by atomic mass is 32.2. The molecule has 1 saturated heterocycles. The van der Waals surface area contributed by atoms with Crippen molar-refractivity contribution in [2.75, 3.05) is 13.2 Å². The maximum atomic E-state index is 13.7. The van der Waals surface area contributed by atoms with E-state index in [1.807, 2.05) is 0 Å². The Balaban J connectivity index is 2.38. The smallest absolute Gasteiger partial charge is 0.394 e. The molecule has 1 aliphatic rings. The van der Waals surface area contributed by atoms with E-state index in [-0.39, 0.29) is 6.42 Å². The molecule has 2 rings (SSSR count). The Morgan fingerprint density at radius 1 is 1.08 bits per heavy atom. The quantitative estimate of drug-likeness (QED) is 0.195. The molecule has 0 spiro atoms. The number of halogens is 5. The minimum Gasteiger partial charge on any atom is -0.455 e. The highest BCUT2D eigenvalue weighted by Gasteiger charge is 2.45. The van der Waals surface area contributed by atoms with Crippen molar-refractivity contribution in [3.63, 3.8) is 0 Å². The second-order valence-corrected chi connectivity index (χ2v) is 5.94. The fraction of sp³-hybridized carbons (Fsp3) is 0.429. The third-order valence-electron chi connectivity index (χ3n) is 3.45. The molecule has 0 N–H and O–H groups in total. The van der Waals surface area contributed by atoms with Gasteiger partial charge in [0, 0.05) is 0 Å². The molecule has 0 aromatic heterocycles. The minimum atomic E-state index is -2.37. The lowest BCUT2D eigenvalue weighted by Crippen LogP contribution is -2.42. The second-order valence-electron chi connectivity index (χ2n) is 5.20. The van der Waals surface area contributed by atoms with Crippen LogP contribution in [0.1, 0.15) is 19.8 Å². The number of cyclic esters (lactones) is 1. The predicted octanol–water partition coefficient (Wildman–Crippen LogP) is 3.89. The Labute approximate surface area is 142 Å². The SMILES string of the molecule is CCCC1(C(=O)Oc2c(F)c(F)c(F)c(F)c2F)COSC(=O)OC1. The summed E-state index contributed by atoms with van der Waals surface area (Å²) >= 11 is 0.317. The Kier molecular flexibility index (Phi) is 5.88. The number of ether oxygens (including phenoxy) is 2. The molecule has 5 nitrogen and oxygen atoms in total. The minimum absolute atomic E-state index is 0.0229. The second kappa shape index (κ2) is 7.56. The van der Waals surface area contributed by atoms with Crippen LogP contribution in [0.25, 0.3) is 0 Å². The van der Waals surface area contributed by atoms with Gasteiger partial charge in [-0.3, -0.25) is 4.79 Å². The summed E-state index contributed by atoms with van der Waals surface area (Å²) in [6.07, 6.45) is 0.382. The standard InChI is InChI=1S/C14H11F5O5S/c1-2-3-14(4-22-13(21)25-23-5-14)12(20)24-11-9(18)7(16)6(15)8(17)10(11)19/h2-5H2,1H3. The third-order valence-corrected chi connectivity index (χ3v) is 3.94. The number of rotatable bonds is 4. The van der Waals surface area contributed by atoms with E-state index < -0.39 is 64.7 Å². The molecule has 25 heavy (non-hydrogen) atoms. The summed E-state index contributed by atoms with van der Waals surface area (Å²) in [4.78, 5) is 23.6. The van der Waals surface area contributed by atoms with Crippen LogP contribution in [0.5, 0.6) is 5.75 Å². The van der Waals surface area contributed by atoms with Gasteiger partial charge in [0.15, 0.2) is 0 Å². The van der Waals surface area contributed by atoms with Gasteiger partial charge in [-0.25, -0.2) is 18.0 Å². The van der Waals surface area contributed by atoms with E-state index in [4.69, 9.17) is 8.92 Å². The molecule has 1 heterocycles. The van der Waals surface area contributed by atoms with Gasteiger partial charge in [0.1, 0.15) is 24.1 Å². The molecule has 138 valence electrons. The molecule has 1 aliphatic heterocycles. The predicted molar refractivity (Wildman–Crippen MR) is 74.1 cm³/mol. The lowest BCUT2D eigenvalue weighted by atomic mass is 9.85. The molecule has 1 unspecified atom stereocenters. The average molecular weight is 386 g/mol. The summed E-state index contributed by atoms with van der Waals surface area (Å²) < 4.78 is 80.9. The van der Waals surface area contributed by atoms with E-state index in [1.165, 1.54) is 0 Å². The van der Waals surface area contributed by atoms with Gasteiger partial charge in [-0.2, -0.15) is 8.78 Å². The first-order valence-corrected chi connectivity index (χ1v) is 7.67. The largest absolute Gasteiger partial charge is 0.455 e. The molecule has 1 atom stereocenters. The first-order chi connectivity index (χ1) is 11.7.